The van der Waals surface area contributed by atoms with Gasteiger partial charge in [0.15, 0.2) is 0 Å². The number of hydrogen-bond acceptors (Lipinski definition) is 4. The lowest BCUT2D eigenvalue weighted by Gasteiger charge is -2.34. The van der Waals surface area contributed by atoms with Crippen LogP contribution in [-0.2, 0) is 14.3 Å². The van der Waals surface area contributed by atoms with Crippen LogP contribution in [0.3, 0.4) is 0 Å². The molecule has 0 aliphatic carbocycles. The first kappa shape index (κ1) is 28.5. The van der Waals surface area contributed by atoms with E-state index in [0.717, 1.165) is 42.4 Å². The number of rotatable bonds is 11. The summed E-state index contributed by atoms with van der Waals surface area (Å²) >= 11 is 0. The Bertz CT molecular complexity index is 801. The van der Waals surface area contributed by atoms with Crippen molar-refractivity contribution in [1.82, 2.24) is 15.5 Å². The lowest BCUT2D eigenvalue weighted by atomic mass is 9.96. The number of amides is 3. The second-order valence-electron chi connectivity index (χ2n) is 9.66. The maximum Gasteiger partial charge on any atom is 0.408 e. The van der Waals surface area contributed by atoms with Gasteiger partial charge in [-0.05, 0) is 65.5 Å². The molecule has 2 atom stereocenters. The molecule has 3 amide bonds. The summed E-state index contributed by atoms with van der Waals surface area (Å²) in [5, 5.41) is 5.63. The Morgan fingerprint density at radius 3 is 2.24 bits per heavy atom. The molecule has 0 fully saturated rings. The first-order valence-corrected chi connectivity index (χ1v) is 12.1. The number of aryl methyl sites for hydroxylation is 2. The maximum absolute atomic E-state index is 13.6. The van der Waals surface area contributed by atoms with Crippen molar-refractivity contribution in [3.05, 3.63) is 34.9 Å². The van der Waals surface area contributed by atoms with Crippen molar-refractivity contribution in [2.45, 2.75) is 98.8 Å². The van der Waals surface area contributed by atoms with Gasteiger partial charge in [0.2, 0.25) is 11.8 Å². The molecule has 1 rings (SSSR count). The normalized spacial score (nSPS) is 13.1. The summed E-state index contributed by atoms with van der Waals surface area (Å²) in [4.78, 5) is 40.8. The summed E-state index contributed by atoms with van der Waals surface area (Å²) in [6.07, 6.45) is 2.78. The van der Waals surface area contributed by atoms with Crippen LogP contribution in [-0.4, -0.2) is 47.5 Å². The molecule has 7 heteroatoms. The molecule has 1 aromatic rings. The third-order valence-corrected chi connectivity index (χ3v) is 5.25. The van der Waals surface area contributed by atoms with E-state index in [9.17, 15) is 14.4 Å². The highest BCUT2D eigenvalue weighted by Gasteiger charge is 2.35. The number of nitrogens with one attached hydrogen (secondary N) is 2. The predicted octanol–water partition coefficient (Wildman–Crippen LogP) is 4.80. The van der Waals surface area contributed by atoms with E-state index >= 15 is 0 Å². The minimum atomic E-state index is -0.839. The molecule has 0 radical (unpaired) electrons. The largest absolute Gasteiger partial charge is 0.444 e. The van der Waals surface area contributed by atoms with Crippen LogP contribution >= 0.6 is 0 Å². The van der Waals surface area contributed by atoms with Gasteiger partial charge in [-0.2, -0.15) is 0 Å². The Kier molecular flexibility index (Phi) is 11.4. The molecule has 33 heavy (non-hydrogen) atoms. The van der Waals surface area contributed by atoms with Gasteiger partial charge in [-0.25, -0.2) is 4.79 Å². The SMILES string of the molecule is CCCCNC(=O)C(c1ccc(C)cc1C)N(CCCC)C(=O)C(C)NC(=O)OC(C)(C)C. The number of benzene rings is 1. The Morgan fingerprint density at radius 2 is 1.70 bits per heavy atom. The van der Waals surface area contributed by atoms with Crippen molar-refractivity contribution in [2.24, 2.45) is 0 Å². The number of ether oxygens (including phenoxy) is 1. The van der Waals surface area contributed by atoms with E-state index in [0.29, 0.717) is 13.1 Å². The van der Waals surface area contributed by atoms with Gasteiger partial charge in [-0.15, -0.1) is 0 Å². The third kappa shape index (κ3) is 9.44. The Labute approximate surface area is 199 Å². The number of nitrogens with zero attached hydrogens (tertiary/aromatic N) is 1. The Hall–Kier alpha value is -2.57. The lowest BCUT2D eigenvalue weighted by molar-refractivity contribution is -0.142. The molecule has 0 aromatic heterocycles. The van der Waals surface area contributed by atoms with E-state index in [1.165, 1.54) is 0 Å². The van der Waals surface area contributed by atoms with Gasteiger partial charge in [0.1, 0.15) is 17.7 Å². The zero-order valence-corrected chi connectivity index (χ0v) is 21.7. The highest BCUT2D eigenvalue weighted by molar-refractivity contribution is 5.92. The minimum Gasteiger partial charge on any atom is -0.444 e. The summed E-state index contributed by atoms with van der Waals surface area (Å²) in [6, 6.07) is 4.29. The highest BCUT2D eigenvalue weighted by Crippen LogP contribution is 2.27. The topological polar surface area (TPSA) is 87.7 Å². The fourth-order valence-corrected chi connectivity index (χ4v) is 3.56. The van der Waals surface area contributed by atoms with Crippen LogP contribution in [0.4, 0.5) is 4.79 Å². The molecule has 0 aliphatic heterocycles. The maximum atomic E-state index is 13.6. The Morgan fingerprint density at radius 1 is 1.06 bits per heavy atom. The second-order valence-corrected chi connectivity index (χ2v) is 9.66. The first-order valence-electron chi connectivity index (χ1n) is 12.1. The van der Waals surface area contributed by atoms with Crippen LogP contribution in [0.25, 0.3) is 0 Å². The molecular weight excluding hydrogens is 418 g/mol. The molecule has 7 nitrogen and oxygen atoms in total. The van der Waals surface area contributed by atoms with Crippen molar-refractivity contribution in [3.8, 4) is 0 Å². The number of unbranched alkanes of at least 4 members (excludes halogenated alkanes) is 2. The highest BCUT2D eigenvalue weighted by atomic mass is 16.6. The van der Waals surface area contributed by atoms with E-state index in [1.54, 1.807) is 32.6 Å². The van der Waals surface area contributed by atoms with E-state index in [-0.39, 0.29) is 11.8 Å². The second kappa shape index (κ2) is 13.2. The van der Waals surface area contributed by atoms with Gasteiger partial charge in [0.25, 0.3) is 0 Å². The minimum absolute atomic E-state index is 0.204. The number of alkyl carbamates (subject to hydrolysis) is 1. The van der Waals surface area contributed by atoms with Crippen molar-refractivity contribution >= 4 is 17.9 Å². The van der Waals surface area contributed by atoms with Gasteiger partial charge in [0, 0.05) is 13.1 Å². The molecule has 2 unspecified atom stereocenters. The lowest BCUT2D eigenvalue weighted by Crippen LogP contribution is -2.52. The van der Waals surface area contributed by atoms with Crippen molar-refractivity contribution in [2.75, 3.05) is 13.1 Å². The van der Waals surface area contributed by atoms with Crippen LogP contribution in [0.1, 0.15) is 90.0 Å². The zero-order chi connectivity index (χ0) is 25.2. The summed E-state index contributed by atoms with van der Waals surface area (Å²) in [6.45, 7) is 16.0. The van der Waals surface area contributed by atoms with Crippen LogP contribution in [0.2, 0.25) is 0 Å². The third-order valence-electron chi connectivity index (χ3n) is 5.25. The molecule has 0 aliphatic rings. The molecular formula is C26H43N3O4. The smallest absolute Gasteiger partial charge is 0.408 e. The van der Waals surface area contributed by atoms with Crippen LogP contribution < -0.4 is 10.6 Å². The van der Waals surface area contributed by atoms with Crippen LogP contribution in [0, 0.1) is 13.8 Å². The molecule has 0 spiro atoms. The molecule has 0 bridgehead atoms. The fraction of sp³-hybridized carbons (Fsp3) is 0.654. The van der Waals surface area contributed by atoms with E-state index in [2.05, 4.69) is 17.6 Å². The first-order chi connectivity index (χ1) is 15.4. The molecule has 1 aromatic carbocycles. The fourth-order valence-electron chi connectivity index (χ4n) is 3.56. The van der Waals surface area contributed by atoms with Crippen LogP contribution in [0.5, 0.6) is 0 Å². The van der Waals surface area contributed by atoms with Crippen molar-refractivity contribution < 1.29 is 19.1 Å². The van der Waals surface area contributed by atoms with Gasteiger partial charge < -0.3 is 20.3 Å². The summed E-state index contributed by atoms with van der Waals surface area (Å²) in [5.41, 5.74) is 2.17. The van der Waals surface area contributed by atoms with E-state index < -0.39 is 23.8 Å². The van der Waals surface area contributed by atoms with E-state index in [4.69, 9.17) is 4.74 Å². The predicted molar refractivity (Wildman–Crippen MR) is 132 cm³/mol. The van der Waals surface area contributed by atoms with E-state index in [1.807, 2.05) is 39.0 Å². The average molecular weight is 462 g/mol. The van der Waals surface area contributed by atoms with Gasteiger partial charge in [-0.1, -0.05) is 50.5 Å². The molecule has 0 heterocycles. The molecule has 0 saturated heterocycles. The average Bonchev–Trinajstić information content (AvgIpc) is 2.70. The van der Waals surface area contributed by atoms with Crippen molar-refractivity contribution in [3.63, 3.8) is 0 Å². The summed E-state index contributed by atoms with van der Waals surface area (Å²) < 4.78 is 5.31. The summed E-state index contributed by atoms with van der Waals surface area (Å²) in [7, 11) is 0. The number of carbonyl (C=O) groups is 3. The van der Waals surface area contributed by atoms with Gasteiger partial charge in [0.05, 0.1) is 0 Å². The quantitative estimate of drug-likeness (QED) is 0.463. The molecule has 186 valence electrons. The monoisotopic (exact) mass is 461 g/mol. The van der Waals surface area contributed by atoms with Crippen molar-refractivity contribution in [1.29, 1.82) is 0 Å². The van der Waals surface area contributed by atoms with Gasteiger partial charge >= 0.3 is 6.09 Å². The Balaban J connectivity index is 3.30. The number of hydrogen-bond donors (Lipinski definition) is 2. The molecule has 2 N–H and O–H groups in total. The van der Waals surface area contributed by atoms with Gasteiger partial charge in [-0.3, -0.25) is 9.59 Å². The molecule has 0 saturated carbocycles. The summed E-state index contributed by atoms with van der Waals surface area (Å²) in [5.74, 6) is -0.519. The standard InChI is InChI=1S/C26H43N3O4/c1-9-11-15-27-23(30)22(21-14-13-18(3)17-19(21)4)29(16-12-10-2)24(31)20(5)28-25(32)33-26(6,7)8/h13-14,17,20,22H,9-12,15-16H2,1-8H3,(H,27,30)(H,28,32). The van der Waals surface area contributed by atoms with Crippen LogP contribution in [0.15, 0.2) is 18.2 Å². The zero-order valence-electron chi connectivity index (χ0n) is 21.7. The number of carbonyl (C=O) groups excluding carboxylic acids is 3.